The molecule has 0 spiro atoms. The average molecular weight is 1040 g/mol. The highest BCUT2D eigenvalue weighted by atomic mass is 15.0. The molecular formula is C69H33N13. The molecule has 13 heteroatoms. The molecule has 0 atom stereocenters. The molecule has 12 aromatic rings. The van der Waals surface area contributed by atoms with Gasteiger partial charge in [-0.1, -0.05) is 48.5 Å². The second kappa shape index (κ2) is 19.9. The van der Waals surface area contributed by atoms with Crippen LogP contribution in [0.15, 0.2) is 164 Å². The summed E-state index contributed by atoms with van der Waals surface area (Å²) in [5, 5.41) is 55.6. The van der Waals surface area contributed by atoms with E-state index in [1.807, 2.05) is 114 Å². The number of fused-ring (bicyclic) bond motifs is 6. The first-order valence-electron chi connectivity index (χ1n) is 25.3. The van der Waals surface area contributed by atoms with Gasteiger partial charge in [-0.05, 0) is 174 Å². The minimum absolute atomic E-state index is 0.226. The van der Waals surface area contributed by atoms with Gasteiger partial charge in [-0.25, -0.2) is 29.3 Å². The highest BCUT2D eigenvalue weighted by molar-refractivity contribution is 6.13. The van der Waals surface area contributed by atoms with Gasteiger partial charge >= 0.3 is 0 Å². The van der Waals surface area contributed by atoms with Crippen LogP contribution in [0.3, 0.4) is 0 Å². The summed E-state index contributed by atoms with van der Waals surface area (Å²) < 4.78 is 4.03. The van der Waals surface area contributed by atoms with Crippen LogP contribution in [0, 0.1) is 96.8 Å². The van der Waals surface area contributed by atoms with Crippen molar-refractivity contribution in [2.75, 3.05) is 0 Å². The van der Waals surface area contributed by atoms with Crippen LogP contribution in [-0.4, -0.2) is 19.1 Å². The van der Waals surface area contributed by atoms with E-state index in [4.69, 9.17) is 36.3 Å². The Balaban J connectivity index is 1.25. The lowest BCUT2D eigenvalue weighted by atomic mass is 9.99. The van der Waals surface area contributed by atoms with Crippen LogP contribution in [0.1, 0.15) is 39.2 Å². The number of nitrogens with zero attached hydrogens (tertiary/aromatic N) is 13. The van der Waals surface area contributed by atoms with Crippen molar-refractivity contribution in [2.24, 2.45) is 0 Å². The zero-order valence-electron chi connectivity index (χ0n) is 43.4. The third-order valence-electron chi connectivity index (χ3n) is 14.5. The fourth-order valence-corrected chi connectivity index (χ4v) is 11.0. The first-order valence-corrected chi connectivity index (χ1v) is 25.3. The average Bonchev–Trinajstić information content (AvgIpc) is 4.05. The molecule has 12 rings (SSSR count). The lowest BCUT2D eigenvalue weighted by Crippen LogP contribution is -2.06. The van der Waals surface area contributed by atoms with Crippen LogP contribution in [0.2, 0.25) is 0 Å². The van der Waals surface area contributed by atoms with E-state index in [2.05, 4.69) is 49.7 Å². The Hall–Kier alpha value is -12.9. The molecule has 0 aliphatic rings. The van der Waals surface area contributed by atoms with Gasteiger partial charge in [0.15, 0.2) is 28.6 Å². The van der Waals surface area contributed by atoms with Crippen molar-refractivity contribution >= 4 is 66.4 Å². The summed E-state index contributed by atoms with van der Waals surface area (Å²) in [5.41, 5.74) is 13.5. The Morgan fingerprint density at radius 3 is 0.878 bits per heavy atom. The van der Waals surface area contributed by atoms with Crippen LogP contribution < -0.4 is 0 Å². The highest BCUT2D eigenvalue weighted by Gasteiger charge is 2.25. The van der Waals surface area contributed by atoms with Crippen LogP contribution >= 0.6 is 0 Å². The van der Waals surface area contributed by atoms with Gasteiger partial charge in [0.2, 0.25) is 0 Å². The number of hydrogen-bond acceptors (Lipinski definition) is 7. The maximum atomic E-state index is 12.1. The second-order valence-corrected chi connectivity index (χ2v) is 19.5. The number of rotatable bonds is 7. The van der Waals surface area contributed by atoms with E-state index in [9.17, 15) is 26.3 Å². The molecule has 3 heterocycles. The molecule has 13 nitrogen and oxygen atoms in total. The third-order valence-corrected chi connectivity index (χ3v) is 14.5. The summed E-state index contributed by atoms with van der Waals surface area (Å²) in [6.45, 7) is 35.3. The van der Waals surface area contributed by atoms with Gasteiger partial charge in [0.25, 0.3) is 0 Å². The topological polar surface area (TPSA) is 172 Å². The first-order chi connectivity index (χ1) is 39.9. The van der Waals surface area contributed by atoms with E-state index in [0.29, 0.717) is 146 Å². The van der Waals surface area contributed by atoms with Crippen LogP contribution in [0.5, 0.6) is 0 Å². The lowest BCUT2D eigenvalue weighted by Gasteiger charge is -2.19. The molecular weight excluding hydrogens is 1010 g/mol. The number of nitriles is 5. The quantitative estimate of drug-likeness (QED) is 0.143. The Morgan fingerprint density at radius 1 is 0.329 bits per heavy atom. The zero-order chi connectivity index (χ0) is 56.9. The summed E-state index contributed by atoms with van der Waals surface area (Å²) in [6, 6.07) is 60.7. The van der Waals surface area contributed by atoms with Gasteiger partial charge in [0.05, 0.1) is 84.0 Å². The fourth-order valence-electron chi connectivity index (χ4n) is 11.0. The maximum Gasteiger partial charge on any atom is 0.189 e. The minimum atomic E-state index is 0.226. The van der Waals surface area contributed by atoms with Crippen molar-refractivity contribution in [3.05, 3.63) is 249 Å². The standard InChI is InChI=1S/C69H33N13/c1-39-15-40(2)80-69(79-39)53-32-67(81-63-28-45(49-16-41(34-70)20-54(24-49)75-3)7-11-58(63)59-12-8-46(29-64(59)81)50-17-42(35-71)21-55(25-50)76-4)62(38-74)68(33-53)82-65-30-47(51-18-43(36-72)22-56(26-51)77-5)9-13-60(65)61-14-10-48(31-66(61)82)52-19-44(37-73)23-57(27-52)78-6/h7-33H,1-2H3. The van der Waals surface area contributed by atoms with Crippen molar-refractivity contribution in [3.63, 3.8) is 0 Å². The van der Waals surface area contributed by atoms with Gasteiger partial charge in [-0.2, -0.15) is 26.3 Å². The summed E-state index contributed by atoms with van der Waals surface area (Å²) in [4.78, 5) is 24.7. The molecule has 3 aromatic heterocycles. The second-order valence-electron chi connectivity index (χ2n) is 19.5. The Kier molecular flexibility index (Phi) is 12.1. The molecule has 0 saturated carbocycles. The predicted molar refractivity (Wildman–Crippen MR) is 316 cm³/mol. The van der Waals surface area contributed by atoms with E-state index in [0.717, 1.165) is 21.5 Å². The molecule has 0 bridgehead atoms. The predicted octanol–water partition coefficient (Wildman–Crippen LogP) is 17.2. The Labute approximate surface area is 469 Å². The zero-order valence-corrected chi connectivity index (χ0v) is 43.4. The van der Waals surface area contributed by atoms with Crippen LogP contribution in [0.25, 0.3) is 130 Å². The van der Waals surface area contributed by atoms with Gasteiger partial charge in [-0.3, -0.25) is 0 Å². The van der Waals surface area contributed by atoms with Crippen molar-refractivity contribution in [1.82, 2.24) is 19.1 Å². The lowest BCUT2D eigenvalue weighted by molar-refractivity contribution is 1.05. The SMILES string of the molecule is [C-]#[N+]c1cc(C#N)cc(-c2ccc3c4ccc(-c5cc(C#N)cc([N+]#[C-])c5)cc4n(-c4cc(-c5nc(C)cc(C)n5)cc(-n5c6cc(-c7cc(C#N)cc([N+]#[C-])c7)ccc6c6ccc(-c7cc(C#N)cc([N+]#[C-])c7)cc65)c4C#N)c3c2)c1. The van der Waals surface area contributed by atoms with E-state index < -0.39 is 0 Å². The van der Waals surface area contributed by atoms with Crippen molar-refractivity contribution in [3.8, 4) is 97.6 Å². The fraction of sp³-hybridized carbons (Fsp3) is 0.0290. The molecule has 0 aliphatic carbocycles. The molecule has 374 valence electrons. The third kappa shape index (κ3) is 8.55. The van der Waals surface area contributed by atoms with Crippen molar-refractivity contribution in [2.45, 2.75) is 13.8 Å². The van der Waals surface area contributed by atoms with Crippen molar-refractivity contribution < 1.29 is 0 Å². The normalized spacial score (nSPS) is 10.7. The van der Waals surface area contributed by atoms with Gasteiger partial charge in [-0.15, -0.1) is 0 Å². The molecule has 9 aromatic carbocycles. The summed E-state index contributed by atoms with van der Waals surface area (Å²) in [6.07, 6.45) is 0. The molecule has 82 heavy (non-hydrogen) atoms. The summed E-state index contributed by atoms with van der Waals surface area (Å²) in [5.74, 6) is 0.383. The first kappa shape index (κ1) is 49.9. The van der Waals surface area contributed by atoms with Gasteiger partial charge in [0.1, 0.15) is 11.6 Å². The smallest absolute Gasteiger partial charge is 0.189 e. The van der Waals surface area contributed by atoms with Crippen LogP contribution in [-0.2, 0) is 0 Å². The van der Waals surface area contributed by atoms with Crippen LogP contribution in [0.4, 0.5) is 22.7 Å². The molecule has 0 unspecified atom stereocenters. The highest BCUT2D eigenvalue weighted by Crippen LogP contribution is 2.44. The van der Waals surface area contributed by atoms with Gasteiger partial charge in [0, 0.05) is 60.8 Å². The van der Waals surface area contributed by atoms with E-state index in [-0.39, 0.29) is 5.56 Å². The summed E-state index contributed by atoms with van der Waals surface area (Å²) in [7, 11) is 0. The Bertz CT molecular complexity index is 4550. The molecule has 0 amide bonds. The molecule has 0 aliphatic heterocycles. The Morgan fingerprint density at radius 2 is 0.622 bits per heavy atom. The molecule has 0 N–H and O–H groups in total. The van der Waals surface area contributed by atoms with E-state index >= 15 is 0 Å². The number of aromatic nitrogens is 4. The molecule has 0 saturated heterocycles. The number of aryl methyl sites for hydroxylation is 2. The number of benzene rings is 9. The molecule has 0 radical (unpaired) electrons. The monoisotopic (exact) mass is 1040 g/mol. The minimum Gasteiger partial charge on any atom is -0.308 e. The molecule has 0 fully saturated rings. The van der Waals surface area contributed by atoms with Crippen molar-refractivity contribution in [1.29, 1.82) is 26.3 Å². The maximum absolute atomic E-state index is 12.1. The number of hydrogen-bond donors (Lipinski definition) is 0. The van der Waals surface area contributed by atoms with Gasteiger partial charge < -0.3 is 9.13 Å². The van der Waals surface area contributed by atoms with E-state index in [1.54, 1.807) is 72.8 Å². The van der Waals surface area contributed by atoms with E-state index in [1.165, 1.54) is 0 Å². The summed E-state index contributed by atoms with van der Waals surface area (Å²) >= 11 is 0. The largest absolute Gasteiger partial charge is 0.308 e.